The van der Waals surface area contributed by atoms with Crippen LogP contribution < -0.4 is 0 Å². The van der Waals surface area contributed by atoms with Gasteiger partial charge in [-0.2, -0.15) is 0 Å². The Hall–Kier alpha value is -1.55. The van der Waals surface area contributed by atoms with Gasteiger partial charge in [-0.15, -0.1) is 0 Å². The number of carboxylic acid groups (broad SMARTS) is 1. The Morgan fingerprint density at radius 1 is 1.56 bits per heavy atom. The number of aliphatic carboxylic acids is 1. The quantitative estimate of drug-likeness (QED) is 0.893. The molecule has 0 radical (unpaired) electrons. The maximum atomic E-state index is 10.5. The number of hydrogen-bond acceptors (Lipinski definition) is 2. The van der Waals surface area contributed by atoms with Crippen molar-refractivity contribution < 1.29 is 9.90 Å². The molecule has 0 aliphatic rings. The Morgan fingerprint density at radius 2 is 2.31 bits per heavy atom. The summed E-state index contributed by atoms with van der Waals surface area (Å²) in [7, 11) is 0. The molecule has 2 aromatic heterocycles. The number of pyridine rings is 1. The average Bonchev–Trinajstić information content (AvgIpc) is 2.52. The van der Waals surface area contributed by atoms with Gasteiger partial charge < -0.3 is 9.51 Å². The van der Waals surface area contributed by atoms with Gasteiger partial charge in [0.1, 0.15) is 5.82 Å². The smallest absolute Gasteiger partial charge is 0.303 e. The largest absolute Gasteiger partial charge is 0.481 e. The first kappa shape index (κ1) is 11.0. The first-order chi connectivity index (χ1) is 7.58. The zero-order chi connectivity index (χ0) is 11.7. The van der Waals surface area contributed by atoms with Gasteiger partial charge in [0.05, 0.1) is 5.52 Å². The fourth-order valence-corrected chi connectivity index (χ4v) is 1.91. The summed E-state index contributed by atoms with van der Waals surface area (Å²) in [5.74, 6) is 0.0117. The lowest BCUT2D eigenvalue weighted by Gasteiger charge is -2.01. The van der Waals surface area contributed by atoms with E-state index in [9.17, 15) is 4.79 Å². The average molecular weight is 239 g/mol. The highest BCUT2D eigenvalue weighted by atomic mass is 35.5. The van der Waals surface area contributed by atoms with E-state index in [1.165, 1.54) is 0 Å². The van der Waals surface area contributed by atoms with Crippen LogP contribution in [0.1, 0.15) is 17.8 Å². The number of carboxylic acids is 1. The standard InChI is InChI=1S/C11H11ClN2O2/c1-7-13-11(12)9-4-2-8(6-14(7)9)3-5-10(15)16/h2,4,6H,3,5H2,1H3,(H,15,16). The highest BCUT2D eigenvalue weighted by Crippen LogP contribution is 2.19. The van der Waals surface area contributed by atoms with Crippen LogP contribution in [-0.4, -0.2) is 20.5 Å². The summed E-state index contributed by atoms with van der Waals surface area (Å²) in [6.07, 6.45) is 2.53. The lowest BCUT2D eigenvalue weighted by atomic mass is 10.1. The summed E-state index contributed by atoms with van der Waals surface area (Å²) in [5.41, 5.74) is 1.81. The summed E-state index contributed by atoms with van der Waals surface area (Å²) in [5, 5.41) is 9.08. The van der Waals surface area contributed by atoms with Gasteiger partial charge in [-0.05, 0) is 25.0 Å². The van der Waals surface area contributed by atoms with Crippen molar-refractivity contribution in [1.82, 2.24) is 9.38 Å². The van der Waals surface area contributed by atoms with E-state index in [2.05, 4.69) is 4.98 Å². The Kier molecular flexibility index (Phi) is 2.83. The summed E-state index contributed by atoms with van der Waals surface area (Å²) in [6, 6.07) is 3.74. The van der Waals surface area contributed by atoms with Gasteiger partial charge in [-0.1, -0.05) is 17.7 Å². The van der Waals surface area contributed by atoms with Gasteiger partial charge in [0, 0.05) is 12.6 Å². The number of aromatic nitrogens is 2. The minimum Gasteiger partial charge on any atom is -0.481 e. The molecule has 16 heavy (non-hydrogen) atoms. The van der Waals surface area contributed by atoms with E-state index in [0.717, 1.165) is 16.9 Å². The van der Waals surface area contributed by atoms with E-state index >= 15 is 0 Å². The summed E-state index contributed by atoms with van der Waals surface area (Å²) >= 11 is 5.93. The molecule has 0 aliphatic heterocycles. The molecule has 1 N–H and O–H groups in total. The van der Waals surface area contributed by atoms with Crippen molar-refractivity contribution in [1.29, 1.82) is 0 Å². The second-order valence-corrected chi connectivity index (χ2v) is 3.99. The molecule has 0 aliphatic carbocycles. The van der Waals surface area contributed by atoms with Crippen molar-refractivity contribution in [2.24, 2.45) is 0 Å². The third-order valence-corrected chi connectivity index (χ3v) is 2.74. The maximum absolute atomic E-state index is 10.5. The van der Waals surface area contributed by atoms with Gasteiger partial charge in [0.15, 0.2) is 5.15 Å². The molecule has 2 aromatic rings. The Bertz CT molecular complexity index is 548. The number of nitrogens with zero attached hydrogens (tertiary/aromatic N) is 2. The molecule has 4 nitrogen and oxygen atoms in total. The van der Waals surface area contributed by atoms with Gasteiger partial charge in [-0.25, -0.2) is 4.98 Å². The highest BCUT2D eigenvalue weighted by Gasteiger charge is 2.06. The van der Waals surface area contributed by atoms with Crippen LogP contribution in [0.3, 0.4) is 0 Å². The zero-order valence-electron chi connectivity index (χ0n) is 8.77. The maximum Gasteiger partial charge on any atom is 0.303 e. The van der Waals surface area contributed by atoms with Crippen molar-refractivity contribution in [2.45, 2.75) is 19.8 Å². The van der Waals surface area contributed by atoms with Crippen molar-refractivity contribution in [3.8, 4) is 0 Å². The first-order valence-corrected chi connectivity index (χ1v) is 5.30. The Morgan fingerprint density at radius 3 is 3.00 bits per heavy atom. The van der Waals surface area contributed by atoms with Crippen LogP contribution >= 0.6 is 11.6 Å². The van der Waals surface area contributed by atoms with Crippen molar-refractivity contribution in [2.75, 3.05) is 0 Å². The second kappa shape index (κ2) is 4.14. The van der Waals surface area contributed by atoms with Crippen LogP contribution in [0.25, 0.3) is 5.52 Å². The van der Waals surface area contributed by atoms with Crippen molar-refractivity contribution in [3.05, 3.63) is 34.9 Å². The number of rotatable bonds is 3. The molecule has 0 atom stereocenters. The minimum absolute atomic E-state index is 0.132. The molecule has 5 heteroatoms. The number of halogens is 1. The van der Waals surface area contributed by atoms with E-state index in [0.29, 0.717) is 11.6 Å². The molecule has 0 bridgehead atoms. The molecule has 0 saturated carbocycles. The number of hydrogen-bond donors (Lipinski definition) is 1. The van der Waals surface area contributed by atoms with Crippen LogP contribution in [0, 0.1) is 6.92 Å². The Balaban J connectivity index is 2.36. The molecular weight excluding hydrogens is 228 g/mol. The molecule has 0 spiro atoms. The van der Waals surface area contributed by atoms with Gasteiger partial charge in [0.25, 0.3) is 0 Å². The van der Waals surface area contributed by atoms with E-state index < -0.39 is 5.97 Å². The number of imidazole rings is 1. The van der Waals surface area contributed by atoms with E-state index in [1.807, 2.05) is 29.7 Å². The number of carbonyl (C=O) groups is 1. The predicted molar refractivity (Wildman–Crippen MR) is 60.9 cm³/mol. The third kappa shape index (κ3) is 2.02. The van der Waals surface area contributed by atoms with Crippen molar-refractivity contribution in [3.63, 3.8) is 0 Å². The fraction of sp³-hybridized carbons (Fsp3) is 0.273. The number of fused-ring (bicyclic) bond motifs is 1. The molecule has 2 heterocycles. The topological polar surface area (TPSA) is 54.6 Å². The van der Waals surface area contributed by atoms with Crippen LogP contribution in [0.15, 0.2) is 18.3 Å². The normalized spacial score (nSPS) is 10.9. The third-order valence-electron chi connectivity index (χ3n) is 2.46. The molecule has 0 aromatic carbocycles. The summed E-state index contributed by atoms with van der Waals surface area (Å²) in [4.78, 5) is 14.6. The number of aryl methyl sites for hydroxylation is 2. The van der Waals surface area contributed by atoms with Crippen LogP contribution in [0.5, 0.6) is 0 Å². The molecule has 0 saturated heterocycles. The van der Waals surface area contributed by atoms with Gasteiger partial charge in [-0.3, -0.25) is 4.79 Å². The lowest BCUT2D eigenvalue weighted by molar-refractivity contribution is -0.136. The van der Waals surface area contributed by atoms with Crippen LogP contribution in [0.4, 0.5) is 0 Å². The SMILES string of the molecule is Cc1nc(Cl)c2ccc(CCC(=O)O)cn12. The molecule has 84 valence electrons. The second-order valence-electron chi connectivity index (χ2n) is 3.64. The summed E-state index contributed by atoms with van der Waals surface area (Å²) in [6.45, 7) is 1.86. The summed E-state index contributed by atoms with van der Waals surface area (Å²) < 4.78 is 1.87. The zero-order valence-corrected chi connectivity index (χ0v) is 9.53. The van der Waals surface area contributed by atoms with Crippen molar-refractivity contribution >= 4 is 23.1 Å². The van der Waals surface area contributed by atoms with Crippen LogP contribution in [-0.2, 0) is 11.2 Å². The lowest BCUT2D eigenvalue weighted by Crippen LogP contribution is -1.99. The molecule has 0 unspecified atom stereocenters. The highest BCUT2D eigenvalue weighted by molar-refractivity contribution is 6.32. The molecule has 0 amide bonds. The fourth-order valence-electron chi connectivity index (χ4n) is 1.63. The first-order valence-electron chi connectivity index (χ1n) is 4.93. The Labute approximate surface area is 97.5 Å². The molecule has 2 rings (SSSR count). The van der Waals surface area contributed by atoms with E-state index in [4.69, 9.17) is 16.7 Å². The van der Waals surface area contributed by atoms with E-state index in [1.54, 1.807) is 0 Å². The van der Waals surface area contributed by atoms with E-state index in [-0.39, 0.29) is 6.42 Å². The van der Waals surface area contributed by atoms with Crippen LogP contribution in [0.2, 0.25) is 5.15 Å². The minimum atomic E-state index is -0.791. The monoisotopic (exact) mass is 238 g/mol. The predicted octanol–water partition coefficient (Wildman–Crippen LogP) is 2.31. The molecule has 0 fully saturated rings. The molecular formula is C11H11ClN2O2. The van der Waals surface area contributed by atoms with Gasteiger partial charge in [0.2, 0.25) is 0 Å². The van der Waals surface area contributed by atoms with Gasteiger partial charge >= 0.3 is 5.97 Å².